The summed E-state index contributed by atoms with van der Waals surface area (Å²) in [5, 5.41) is 12.6. The third-order valence-corrected chi connectivity index (χ3v) is 3.20. The van der Waals surface area contributed by atoms with Crippen molar-refractivity contribution in [3.05, 3.63) is 21.9 Å². The van der Waals surface area contributed by atoms with Crippen molar-refractivity contribution in [2.45, 2.75) is 20.3 Å². The van der Waals surface area contributed by atoms with Gasteiger partial charge in [-0.2, -0.15) is 11.3 Å². The molecule has 3 nitrogen and oxygen atoms in total. The van der Waals surface area contributed by atoms with Crippen LogP contribution in [0.3, 0.4) is 0 Å². The zero-order valence-corrected chi connectivity index (χ0v) is 10.0. The summed E-state index contributed by atoms with van der Waals surface area (Å²) < 4.78 is 0. The molecule has 4 heteroatoms. The van der Waals surface area contributed by atoms with E-state index in [9.17, 15) is 4.79 Å². The molecule has 0 fully saturated rings. The summed E-state index contributed by atoms with van der Waals surface area (Å²) >= 11 is 1.55. The number of aliphatic hydroxyl groups is 1. The van der Waals surface area contributed by atoms with E-state index in [-0.39, 0.29) is 12.5 Å². The minimum Gasteiger partial charge on any atom is -0.396 e. The normalized spacial score (nSPS) is 10.3. The first kappa shape index (κ1) is 12.2. The second-order valence-corrected chi connectivity index (χ2v) is 4.17. The number of rotatable bonds is 5. The van der Waals surface area contributed by atoms with Crippen molar-refractivity contribution < 1.29 is 9.90 Å². The molecule has 1 heterocycles. The third-order valence-electron chi connectivity index (χ3n) is 2.34. The van der Waals surface area contributed by atoms with Crippen LogP contribution in [0.5, 0.6) is 0 Å². The van der Waals surface area contributed by atoms with Crippen LogP contribution in [-0.2, 0) is 0 Å². The van der Waals surface area contributed by atoms with Crippen molar-refractivity contribution in [2.24, 2.45) is 0 Å². The minimum atomic E-state index is 0.0738. The lowest BCUT2D eigenvalue weighted by atomic mass is 10.2. The van der Waals surface area contributed by atoms with E-state index in [1.807, 2.05) is 24.6 Å². The van der Waals surface area contributed by atoms with Gasteiger partial charge in [-0.1, -0.05) is 0 Å². The second kappa shape index (κ2) is 5.88. The van der Waals surface area contributed by atoms with Crippen molar-refractivity contribution in [1.29, 1.82) is 0 Å². The topological polar surface area (TPSA) is 40.5 Å². The Morgan fingerprint density at radius 1 is 1.53 bits per heavy atom. The molecule has 84 valence electrons. The number of amides is 1. The molecule has 0 saturated heterocycles. The van der Waals surface area contributed by atoms with E-state index in [2.05, 4.69) is 0 Å². The van der Waals surface area contributed by atoms with Crippen molar-refractivity contribution in [3.63, 3.8) is 0 Å². The van der Waals surface area contributed by atoms with Crippen LogP contribution in [0.25, 0.3) is 0 Å². The van der Waals surface area contributed by atoms with Crippen LogP contribution in [0.2, 0.25) is 0 Å². The zero-order valence-electron chi connectivity index (χ0n) is 9.19. The molecule has 15 heavy (non-hydrogen) atoms. The van der Waals surface area contributed by atoms with E-state index in [4.69, 9.17) is 5.11 Å². The highest BCUT2D eigenvalue weighted by Gasteiger charge is 2.15. The first-order valence-electron chi connectivity index (χ1n) is 5.13. The molecular formula is C11H17NO2S. The van der Waals surface area contributed by atoms with Gasteiger partial charge in [0.2, 0.25) is 0 Å². The molecule has 0 unspecified atom stereocenters. The van der Waals surface area contributed by atoms with Gasteiger partial charge in [-0.15, -0.1) is 0 Å². The van der Waals surface area contributed by atoms with E-state index in [1.165, 1.54) is 0 Å². The standard InChI is InChI=1S/C11H17NO2S/c1-3-12(5-4-6-13)11(14)10-8-15-7-9(10)2/h7-8,13H,3-6H2,1-2H3. The highest BCUT2D eigenvalue weighted by molar-refractivity contribution is 7.08. The van der Waals surface area contributed by atoms with Gasteiger partial charge in [0.15, 0.2) is 0 Å². The number of carbonyl (C=O) groups is 1. The smallest absolute Gasteiger partial charge is 0.254 e. The van der Waals surface area contributed by atoms with Crippen molar-refractivity contribution in [3.8, 4) is 0 Å². The third kappa shape index (κ3) is 3.04. The number of thiophene rings is 1. The molecule has 0 aliphatic rings. The Balaban J connectivity index is 2.69. The summed E-state index contributed by atoms with van der Waals surface area (Å²) in [6, 6.07) is 0. The second-order valence-electron chi connectivity index (χ2n) is 3.43. The maximum Gasteiger partial charge on any atom is 0.254 e. The van der Waals surface area contributed by atoms with E-state index < -0.39 is 0 Å². The summed E-state index contributed by atoms with van der Waals surface area (Å²) in [5.41, 5.74) is 1.83. The summed E-state index contributed by atoms with van der Waals surface area (Å²) in [6.45, 7) is 5.35. The molecule has 0 aliphatic carbocycles. The van der Waals surface area contributed by atoms with Gasteiger partial charge in [-0.25, -0.2) is 0 Å². The molecule has 0 aromatic carbocycles. The van der Waals surface area contributed by atoms with Crippen LogP contribution in [0.15, 0.2) is 10.8 Å². The highest BCUT2D eigenvalue weighted by Crippen LogP contribution is 2.16. The maximum atomic E-state index is 12.0. The first-order valence-corrected chi connectivity index (χ1v) is 6.08. The van der Waals surface area contributed by atoms with E-state index in [0.29, 0.717) is 19.5 Å². The van der Waals surface area contributed by atoms with E-state index in [1.54, 1.807) is 16.2 Å². The number of aliphatic hydroxyl groups excluding tert-OH is 1. The number of hydrogen-bond acceptors (Lipinski definition) is 3. The fourth-order valence-corrected chi connectivity index (χ4v) is 2.24. The fraction of sp³-hybridized carbons (Fsp3) is 0.545. The van der Waals surface area contributed by atoms with Crippen molar-refractivity contribution >= 4 is 17.2 Å². The van der Waals surface area contributed by atoms with Crippen LogP contribution in [0.1, 0.15) is 29.3 Å². The number of nitrogens with zero attached hydrogens (tertiary/aromatic N) is 1. The molecular weight excluding hydrogens is 210 g/mol. The first-order chi connectivity index (χ1) is 7.20. The SMILES string of the molecule is CCN(CCCO)C(=O)c1cscc1C. The number of carbonyl (C=O) groups excluding carboxylic acids is 1. The Labute approximate surface area is 94.3 Å². The lowest BCUT2D eigenvalue weighted by Crippen LogP contribution is -2.32. The molecule has 1 rings (SSSR count). The summed E-state index contributed by atoms with van der Waals surface area (Å²) in [7, 11) is 0. The van der Waals surface area contributed by atoms with Gasteiger partial charge in [0, 0.05) is 25.1 Å². The van der Waals surface area contributed by atoms with Crippen LogP contribution in [0.4, 0.5) is 0 Å². The van der Waals surface area contributed by atoms with Crippen LogP contribution in [0, 0.1) is 6.92 Å². The van der Waals surface area contributed by atoms with Crippen molar-refractivity contribution in [2.75, 3.05) is 19.7 Å². The predicted molar refractivity (Wildman–Crippen MR) is 62.3 cm³/mol. The Morgan fingerprint density at radius 3 is 2.73 bits per heavy atom. The lowest BCUT2D eigenvalue weighted by Gasteiger charge is -2.20. The molecule has 0 atom stereocenters. The Hall–Kier alpha value is -0.870. The number of hydrogen-bond donors (Lipinski definition) is 1. The summed E-state index contributed by atoms with van der Waals surface area (Å²) in [4.78, 5) is 13.8. The zero-order chi connectivity index (χ0) is 11.3. The summed E-state index contributed by atoms with van der Waals surface area (Å²) in [6.07, 6.45) is 0.642. The molecule has 0 spiro atoms. The van der Waals surface area contributed by atoms with Gasteiger partial charge in [0.1, 0.15) is 0 Å². The molecule has 0 saturated carbocycles. The number of aryl methyl sites for hydroxylation is 1. The average molecular weight is 227 g/mol. The van der Waals surface area contributed by atoms with Gasteiger partial charge >= 0.3 is 0 Å². The molecule has 0 aliphatic heterocycles. The Morgan fingerprint density at radius 2 is 2.27 bits per heavy atom. The minimum absolute atomic E-state index is 0.0738. The van der Waals surface area contributed by atoms with Gasteiger partial charge in [0.25, 0.3) is 5.91 Å². The largest absolute Gasteiger partial charge is 0.396 e. The van der Waals surface area contributed by atoms with Crippen LogP contribution in [-0.4, -0.2) is 35.6 Å². The quantitative estimate of drug-likeness (QED) is 0.834. The van der Waals surface area contributed by atoms with Gasteiger partial charge in [-0.05, 0) is 31.2 Å². The van der Waals surface area contributed by atoms with Gasteiger partial charge in [-0.3, -0.25) is 4.79 Å². The van der Waals surface area contributed by atoms with E-state index in [0.717, 1.165) is 11.1 Å². The Kier molecular flexibility index (Phi) is 4.78. The fourth-order valence-electron chi connectivity index (χ4n) is 1.41. The Bertz CT molecular complexity index is 322. The highest BCUT2D eigenvalue weighted by atomic mass is 32.1. The van der Waals surface area contributed by atoms with Gasteiger partial charge < -0.3 is 10.0 Å². The molecule has 1 aromatic heterocycles. The van der Waals surface area contributed by atoms with Crippen LogP contribution < -0.4 is 0 Å². The molecule has 0 bridgehead atoms. The average Bonchev–Trinajstić information content (AvgIpc) is 2.65. The lowest BCUT2D eigenvalue weighted by molar-refractivity contribution is 0.0754. The maximum absolute atomic E-state index is 12.0. The van der Waals surface area contributed by atoms with Gasteiger partial charge in [0.05, 0.1) is 5.56 Å². The molecule has 1 N–H and O–H groups in total. The van der Waals surface area contributed by atoms with Crippen molar-refractivity contribution in [1.82, 2.24) is 4.90 Å². The molecule has 1 amide bonds. The molecule has 0 radical (unpaired) electrons. The molecule has 1 aromatic rings. The van der Waals surface area contributed by atoms with Crippen LogP contribution >= 0.6 is 11.3 Å². The monoisotopic (exact) mass is 227 g/mol. The predicted octanol–water partition coefficient (Wildman–Crippen LogP) is 1.90. The summed E-state index contributed by atoms with van der Waals surface area (Å²) in [5.74, 6) is 0.0738. The van der Waals surface area contributed by atoms with E-state index >= 15 is 0 Å².